The highest BCUT2D eigenvalue weighted by Gasteiger charge is 2.33. The van der Waals surface area contributed by atoms with E-state index in [-0.39, 0.29) is 5.91 Å². The van der Waals surface area contributed by atoms with Crippen molar-refractivity contribution in [3.8, 4) is 0 Å². The van der Waals surface area contributed by atoms with Crippen LogP contribution in [0.5, 0.6) is 0 Å². The second-order valence-corrected chi connectivity index (χ2v) is 7.28. The van der Waals surface area contributed by atoms with Gasteiger partial charge in [0.2, 0.25) is 5.91 Å². The Labute approximate surface area is 154 Å². The van der Waals surface area contributed by atoms with Crippen molar-refractivity contribution < 1.29 is 9.32 Å². The summed E-state index contributed by atoms with van der Waals surface area (Å²) in [7, 11) is 6.15. The fourth-order valence-corrected chi connectivity index (χ4v) is 3.91. The summed E-state index contributed by atoms with van der Waals surface area (Å²) >= 11 is 0. The second kappa shape index (κ2) is 8.01. The molecule has 0 spiro atoms. The molecular formula is C18H28N6O2. The van der Waals surface area contributed by atoms with E-state index in [0.29, 0.717) is 30.1 Å². The zero-order chi connectivity index (χ0) is 18.7. The van der Waals surface area contributed by atoms with Crippen LogP contribution in [0, 0.1) is 12.8 Å². The summed E-state index contributed by atoms with van der Waals surface area (Å²) in [5.74, 6) is 1.52. The lowest BCUT2D eigenvalue weighted by molar-refractivity contribution is -0.117. The van der Waals surface area contributed by atoms with Gasteiger partial charge >= 0.3 is 0 Å². The largest absolute Gasteiger partial charge is 0.360 e. The minimum Gasteiger partial charge on any atom is -0.360 e. The Morgan fingerprint density at radius 2 is 2.27 bits per heavy atom. The molecule has 1 aliphatic rings. The molecule has 0 saturated carbocycles. The normalized spacial score (nSPS) is 21.3. The van der Waals surface area contributed by atoms with Crippen LogP contribution in [-0.2, 0) is 11.8 Å². The molecule has 1 amide bonds. The van der Waals surface area contributed by atoms with Crippen molar-refractivity contribution in [1.29, 1.82) is 0 Å². The predicted octanol–water partition coefficient (Wildman–Crippen LogP) is 1.67. The Hall–Kier alpha value is -2.19. The molecule has 1 aliphatic heterocycles. The minimum atomic E-state index is -0.0814. The molecule has 0 aliphatic carbocycles. The monoisotopic (exact) mass is 360 g/mol. The van der Waals surface area contributed by atoms with Crippen molar-refractivity contribution in [3.63, 3.8) is 0 Å². The van der Waals surface area contributed by atoms with Gasteiger partial charge in [0, 0.05) is 25.9 Å². The Bertz CT molecular complexity index is 740. The van der Waals surface area contributed by atoms with E-state index in [1.807, 2.05) is 25.0 Å². The maximum absolute atomic E-state index is 12.2. The fraction of sp³-hybridized carbons (Fsp3) is 0.611. The van der Waals surface area contributed by atoms with Gasteiger partial charge in [-0.1, -0.05) is 5.16 Å². The van der Waals surface area contributed by atoms with Crippen LogP contribution in [0.25, 0.3) is 0 Å². The Balaban J connectivity index is 1.60. The first-order chi connectivity index (χ1) is 12.4. The van der Waals surface area contributed by atoms with Crippen molar-refractivity contribution in [1.82, 2.24) is 24.7 Å². The number of amides is 1. The van der Waals surface area contributed by atoms with Crippen LogP contribution in [0.4, 0.5) is 5.82 Å². The molecule has 1 fully saturated rings. The van der Waals surface area contributed by atoms with Crippen LogP contribution in [0.3, 0.4) is 0 Å². The van der Waals surface area contributed by atoms with E-state index in [9.17, 15) is 4.79 Å². The number of nitrogens with zero attached hydrogens (tertiary/aromatic N) is 5. The number of nitrogens with one attached hydrogen (secondary N) is 1. The average molecular weight is 360 g/mol. The van der Waals surface area contributed by atoms with Crippen LogP contribution >= 0.6 is 0 Å². The number of likely N-dealkylation sites (N-methyl/N-ethyl adjacent to an activating group) is 1. The molecule has 1 saturated heterocycles. The molecule has 2 atom stereocenters. The van der Waals surface area contributed by atoms with Crippen LogP contribution in [0.15, 0.2) is 22.9 Å². The number of anilines is 1. The van der Waals surface area contributed by atoms with Crippen molar-refractivity contribution in [2.45, 2.75) is 25.8 Å². The SMILES string of the molecule is Cc1cc(NC(=O)CN(C)C[C@@H]2CCCN(C)[C@H]2c2ccnn2C)no1. The van der Waals surface area contributed by atoms with Gasteiger partial charge in [-0.05, 0) is 52.4 Å². The highest BCUT2D eigenvalue weighted by molar-refractivity contribution is 5.91. The molecule has 3 heterocycles. The number of hydrogen-bond donors (Lipinski definition) is 1. The molecule has 2 aromatic rings. The first-order valence-electron chi connectivity index (χ1n) is 9.04. The highest BCUT2D eigenvalue weighted by Crippen LogP contribution is 2.35. The number of carbonyl (C=O) groups excluding carboxylic acids is 1. The third-order valence-electron chi connectivity index (χ3n) is 5.02. The molecule has 26 heavy (non-hydrogen) atoms. The van der Waals surface area contributed by atoms with E-state index in [1.54, 1.807) is 13.0 Å². The molecule has 2 aromatic heterocycles. The van der Waals surface area contributed by atoms with Gasteiger partial charge in [-0.3, -0.25) is 19.3 Å². The van der Waals surface area contributed by atoms with Gasteiger partial charge in [-0.25, -0.2) is 0 Å². The zero-order valence-corrected chi connectivity index (χ0v) is 16.0. The minimum absolute atomic E-state index is 0.0814. The summed E-state index contributed by atoms with van der Waals surface area (Å²) in [4.78, 5) is 16.7. The molecule has 0 radical (unpaired) electrons. The van der Waals surface area contributed by atoms with Gasteiger partial charge in [0.05, 0.1) is 18.3 Å². The van der Waals surface area contributed by atoms with Gasteiger partial charge in [-0.2, -0.15) is 5.10 Å². The second-order valence-electron chi connectivity index (χ2n) is 7.28. The maximum Gasteiger partial charge on any atom is 0.239 e. The standard InChI is InChI=1S/C18H28N6O2/c1-13-10-16(21-26-13)20-17(25)12-22(2)11-14-6-5-9-23(3)18(14)15-7-8-19-24(15)4/h7-8,10,14,18H,5-6,9,11-12H2,1-4H3,(H,20,21,25)/t14-,18+/m0/s1. The highest BCUT2D eigenvalue weighted by atomic mass is 16.5. The lowest BCUT2D eigenvalue weighted by Gasteiger charge is -2.40. The molecule has 0 unspecified atom stereocenters. The first-order valence-corrected chi connectivity index (χ1v) is 9.04. The molecule has 8 nitrogen and oxygen atoms in total. The zero-order valence-electron chi connectivity index (χ0n) is 16.0. The van der Waals surface area contributed by atoms with E-state index in [1.165, 1.54) is 12.1 Å². The molecule has 0 aromatic carbocycles. The first kappa shape index (κ1) is 18.6. The van der Waals surface area contributed by atoms with E-state index in [0.717, 1.165) is 19.5 Å². The third kappa shape index (κ3) is 4.31. The van der Waals surface area contributed by atoms with E-state index in [2.05, 4.69) is 38.5 Å². The van der Waals surface area contributed by atoms with Gasteiger partial charge in [0.1, 0.15) is 5.76 Å². The van der Waals surface area contributed by atoms with Crippen LogP contribution in [-0.4, -0.2) is 64.4 Å². The summed E-state index contributed by atoms with van der Waals surface area (Å²) < 4.78 is 6.94. The molecule has 1 N–H and O–H groups in total. The molecule has 142 valence electrons. The molecule has 0 bridgehead atoms. The molecular weight excluding hydrogens is 332 g/mol. The van der Waals surface area contributed by atoms with E-state index < -0.39 is 0 Å². The molecule has 3 rings (SSSR count). The smallest absolute Gasteiger partial charge is 0.239 e. The third-order valence-corrected chi connectivity index (χ3v) is 5.02. The van der Waals surface area contributed by atoms with Gasteiger partial charge < -0.3 is 9.84 Å². The Morgan fingerprint density at radius 1 is 1.46 bits per heavy atom. The van der Waals surface area contributed by atoms with Gasteiger partial charge in [0.25, 0.3) is 0 Å². The van der Waals surface area contributed by atoms with Crippen molar-refractivity contribution in [2.24, 2.45) is 13.0 Å². The number of piperidine rings is 1. The number of carbonyl (C=O) groups is 1. The number of aryl methyl sites for hydroxylation is 2. The Kier molecular flexibility index (Phi) is 5.73. The summed E-state index contributed by atoms with van der Waals surface area (Å²) in [6.45, 7) is 4.06. The van der Waals surface area contributed by atoms with E-state index in [4.69, 9.17) is 4.52 Å². The van der Waals surface area contributed by atoms with Crippen molar-refractivity contribution in [2.75, 3.05) is 39.0 Å². The summed E-state index contributed by atoms with van der Waals surface area (Å²) in [6, 6.07) is 4.13. The Morgan fingerprint density at radius 3 is 2.92 bits per heavy atom. The summed E-state index contributed by atoms with van der Waals surface area (Å²) in [6.07, 6.45) is 4.17. The van der Waals surface area contributed by atoms with Crippen molar-refractivity contribution >= 4 is 11.7 Å². The number of hydrogen-bond acceptors (Lipinski definition) is 6. The summed E-state index contributed by atoms with van der Waals surface area (Å²) in [5.41, 5.74) is 1.23. The molecule has 8 heteroatoms. The quantitative estimate of drug-likeness (QED) is 0.844. The van der Waals surface area contributed by atoms with E-state index >= 15 is 0 Å². The lowest BCUT2D eigenvalue weighted by Crippen LogP contribution is -2.43. The van der Waals surface area contributed by atoms with Gasteiger partial charge in [-0.15, -0.1) is 0 Å². The average Bonchev–Trinajstić information content (AvgIpc) is 3.16. The lowest BCUT2D eigenvalue weighted by atomic mass is 9.87. The van der Waals surface area contributed by atoms with Crippen LogP contribution in [0.1, 0.15) is 30.3 Å². The topological polar surface area (TPSA) is 79.4 Å². The predicted molar refractivity (Wildman–Crippen MR) is 98.7 cm³/mol. The number of aromatic nitrogens is 3. The maximum atomic E-state index is 12.2. The number of rotatable bonds is 6. The summed E-state index contributed by atoms with van der Waals surface area (Å²) in [5, 5.41) is 10.9. The van der Waals surface area contributed by atoms with Crippen LogP contribution in [0.2, 0.25) is 0 Å². The van der Waals surface area contributed by atoms with Crippen LogP contribution < -0.4 is 5.32 Å². The van der Waals surface area contributed by atoms with Crippen molar-refractivity contribution in [3.05, 3.63) is 29.8 Å². The van der Waals surface area contributed by atoms with Gasteiger partial charge in [0.15, 0.2) is 5.82 Å². The number of likely N-dealkylation sites (tertiary alicyclic amines) is 1. The fourth-order valence-electron chi connectivity index (χ4n) is 3.91.